The molecule has 3 aromatic carbocycles. The first-order valence-electron chi connectivity index (χ1n) is 9.18. The number of nitrogens with one attached hydrogen (secondary N) is 1. The van der Waals surface area contributed by atoms with Crippen molar-refractivity contribution < 1.29 is 4.57 Å². The van der Waals surface area contributed by atoms with Gasteiger partial charge < -0.3 is 0 Å². The van der Waals surface area contributed by atoms with Crippen LogP contribution in [0.5, 0.6) is 0 Å². The average molecular weight is 386 g/mol. The highest BCUT2D eigenvalue weighted by Gasteiger charge is 2.40. The first-order chi connectivity index (χ1) is 13.5. The zero-order chi connectivity index (χ0) is 20.0. The highest BCUT2D eigenvalue weighted by Crippen LogP contribution is 2.45. The van der Waals surface area contributed by atoms with E-state index in [-0.39, 0.29) is 0 Å². The third-order valence-corrected chi connectivity index (χ3v) is 7.73. The molecule has 1 atom stereocenters. The van der Waals surface area contributed by atoms with Crippen LogP contribution in [0.4, 0.5) is 0 Å². The van der Waals surface area contributed by atoms with Crippen LogP contribution in [-0.4, -0.2) is 0 Å². The van der Waals surface area contributed by atoms with Crippen molar-refractivity contribution in [1.82, 2.24) is 5.09 Å². The lowest BCUT2D eigenvalue weighted by molar-refractivity contribution is 0.511. The Morgan fingerprint density at radius 1 is 0.893 bits per heavy atom. The topological polar surface area (TPSA) is 52.9 Å². The van der Waals surface area contributed by atoms with Gasteiger partial charge >= 0.3 is 0 Å². The first kappa shape index (κ1) is 19.8. The van der Waals surface area contributed by atoms with E-state index in [9.17, 15) is 9.83 Å². The number of benzene rings is 3. The summed E-state index contributed by atoms with van der Waals surface area (Å²) in [6.45, 7) is 3.75. The van der Waals surface area contributed by atoms with Gasteiger partial charge in [-0.2, -0.15) is 5.26 Å². The number of allylic oxidation sites excluding steroid dienone is 1. The molecule has 0 spiro atoms. The Morgan fingerprint density at radius 3 is 1.71 bits per heavy atom. The number of rotatable bonds is 6. The van der Waals surface area contributed by atoms with Gasteiger partial charge in [-0.3, -0.25) is 4.57 Å². The lowest BCUT2D eigenvalue weighted by Gasteiger charge is -2.36. The Bertz CT molecular complexity index is 997. The van der Waals surface area contributed by atoms with E-state index in [1.165, 1.54) is 0 Å². The van der Waals surface area contributed by atoms with E-state index in [4.69, 9.17) is 0 Å². The Balaban J connectivity index is 2.23. The summed E-state index contributed by atoms with van der Waals surface area (Å²) in [4.78, 5) is 0. The Labute approximate surface area is 166 Å². The van der Waals surface area contributed by atoms with Crippen molar-refractivity contribution in [2.24, 2.45) is 0 Å². The van der Waals surface area contributed by atoms with E-state index < -0.39 is 12.8 Å². The zero-order valence-electron chi connectivity index (χ0n) is 16.0. The van der Waals surface area contributed by atoms with Crippen LogP contribution in [-0.2, 0) is 10.1 Å². The summed E-state index contributed by atoms with van der Waals surface area (Å²) in [6.07, 6.45) is 1.78. The molecule has 0 heterocycles. The van der Waals surface area contributed by atoms with Gasteiger partial charge in [-0.1, -0.05) is 72.8 Å². The number of hydrogen-bond acceptors (Lipinski definition) is 2. The van der Waals surface area contributed by atoms with E-state index in [1.807, 2.05) is 105 Å². The molecule has 1 N–H and O–H groups in total. The molecule has 3 nitrogen and oxygen atoms in total. The molecule has 0 saturated carbocycles. The molecule has 0 aliphatic heterocycles. The fourth-order valence-corrected chi connectivity index (χ4v) is 6.01. The molecule has 0 aromatic heterocycles. The molecule has 140 valence electrons. The highest BCUT2D eigenvalue weighted by molar-refractivity contribution is 7.77. The minimum Gasteiger partial charge on any atom is -0.296 e. The van der Waals surface area contributed by atoms with Crippen molar-refractivity contribution in [3.63, 3.8) is 0 Å². The molecule has 0 radical (unpaired) electrons. The molecule has 0 fully saturated rings. The quantitative estimate of drug-likeness (QED) is 0.485. The molecule has 28 heavy (non-hydrogen) atoms. The number of hydrogen-bond donors (Lipinski definition) is 1. The zero-order valence-corrected chi connectivity index (χ0v) is 16.9. The summed E-state index contributed by atoms with van der Waals surface area (Å²) in [5.41, 5.74) is 0.494. The van der Waals surface area contributed by atoms with Crippen LogP contribution in [0.25, 0.3) is 0 Å². The normalized spacial score (nSPS) is 14.1. The molecule has 3 rings (SSSR count). The van der Waals surface area contributed by atoms with Crippen LogP contribution in [0.3, 0.4) is 0 Å². The Morgan fingerprint density at radius 2 is 1.32 bits per heavy atom. The van der Waals surface area contributed by atoms with E-state index in [0.29, 0.717) is 16.2 Å². The molecule has 0 bridgehead atoms. The summed E-state index contributed by atoms with van der Waals surface area (Å²) in [5.74, 6) is 0. The van der Waals surface area contributed by atoms with E-state index in [0.717, 1.165) is 5.56 Å². The predicted octanol–water partition coefficient (Wildman–Crippen LogP) is 4.89. The molecule has 0 aliphatic rings. The average Bonchev–Trinajstić information content (AvgIpc) is 2.76. The minimum atomic E-state index is -3.23. The molecule has 0 aliphatic carbocycles. The highest BCUT2D eigenvalue weighted by atomic mass is 31.2. The van der Waals surface area contributed by atoms with Gasteiger partial charge in [-0.05, 0) is 43.7 Å². The Kier molecular flexibility index (Phi) is 5.95. The van der Waals surface area contributed by atoms with Gasteiger partial charge in [0.15, 0.2) is 0 Å². The van der Waals surface area contributed by atoms with Crippen molar-refractivity contribution in [3.8, 4) is 6.07 Å². The smallest absolute Gasteiger partial charge is 0.205 e. The third-order valence-electron chi connectivity index (χ3n) is 4.92. The predicted molar refractivity (Wildman–Crippen MR) is 116 cm³/mol. The van der Waals surface area contributed by atoms with Crippen molar-refractivity contribution in [3.05, 3.63) is 108 Å². The minimum absolute atomic E-state index is 0.519. The molecule has 3 aromatic rings. The lowest BCUT2D eigenvalue weighted by Crippen LogP contribution is -2.43. The summed E-state index contributed by atoms with van der Waals surface area (Å²) >= 11 is 0. The Hall–Kier alpha value is -2.92. The summed E-state index contributed by atoms with van der Waals surface area (Å²) in [6, 6.07) is 30.8. The van der Waals surface area contributed by atoms with Crippen LogP contribution >= 0.6 is 7.29 Å². The second-order valence-corrected chi connectivity index (χ2v) is 9.17. The van der Waals surface area contributed by atoms with Crippen LogP contribution in [0.15, 0.2) is 103 Å². The van der Waals surface area contributed by atoms with Crippen molar-refractivity contribution in [2.45, 2.75) is 19.4 Å². The van der Waals surface area contributed by atoms with Gasteiger partial charge in [0, 0.05) is 16.2 Å². The second kappa shape index (κ2) is 8.40. The maximum absolute atomic E-state index is 14.5. The second-order valence-electron chi connectivity index (χ2n) is 6.70. The number of nitrogens with zero attached hydrogens (tertiary/aromatic N) is 1. The molecule has 0 amide bonds. The van der Waals surface area contributed by atoms with E-state index in [2.05, 4.69) is 11.2 Å². The van der Waals surface area contributed by atoms with Crippen LogP contribution < -0.4 is 15.7 Å². The monoisotopic (exact) mass is 386 g/mol. The molecular formula is C24H23N2OP. The maximum atomic E-state index is 14.5. The van der Waals surface area contributed by atoms with Gasteiger partial charge in [0.2, 0.25) is 7.29 Å². The van der Waals surface area contributed by atoms with Crippen molar-refractivity contribution in [2.75, 3.05) is 0 Å². The third kappa shape index (κ3) is 3.71. The van der Waals surface area contributed by atoms with Crippen LogP contribution in [0.2, 0.25) is 0 Å². The largest absolute Gasteiger partial charge is 0.296 e. The van der Waals surface area contributed by atoms with Crippen molar-refractivity contribution in [1.29, 1.82) is 5.26 Å². The lowest BCUT2D eigenvalue weighted by atomic mass is 9.86. The van der Waals surface area contributed by atoms with Gasteiger partial charge in [-0.15, -0.1) is 0 Å². The SMILES string of the molecule is C/C=C(\C#N)[C@@](C)(NP(=O)(c1ccccc1)c1ccccc1)c1ccccc1. The van der Waals surface area contributed by atoms with Crippen molar-refractivity contribution >= 4 is 17.9 Å². The standard InChI is InChI=1S/C24H23N2OP/c1-3-20(19-25)24(2,21-13-7-4-8-14-21)26-28(27,22-15-9-5-10-16-22)23-17-11-6-12-18-23/h3-18H,1-2H3,(H,26,27)/b20-3+/t24-/m1/s1. The molecule has 4 heteroatoms. The van der Waals surface area contributed by atoms with Gasteiger partial charge in [0.25, 0.3) is 0 Å². The molecular weight excluding hydrogens is 363 g/mol. The molecule has 0 saturated heterocycles. The first-order valence-corrected chi connectivity index (χ1v) is 10.9. The fourth-order valence-electron chi connectivity index (χ4n) is 3.39. The number of nitriles is 1. The van der Waals surface area contributed by atoms with Crippen LogP contribution in [0.1, 0.15) is 19.4 Å². The summed E-state index contributed by atoms with van der Waals surface area (Å²) < 4.78 is 14.5. The summed E-state index contributed by atoms with van der Waals surface area (Å²) in [7, 11) is -3.23. The van der Waals surface area contributed by atoms with Crippen LogP contribution in [0, 0.1) is 11.3 Å². The van der Waals surface area contributed by atoms with E-state index >= 15 is 0 Å². The maximum Gasteiger partial charge on any atom is 0.205 e. The van der Waals surface area contributed by atoms with Gasteiger partial charge in [0.1, 0.15) is 0 Å². The summed E-state index contributed by atoms with van der Waals surface area (Å²) in [5, 5.41) is 14.6. The van der Waals surface area contributed by atoms with Gasteiger partial charge in [0.05, 0.1) is 11.6 Å². The molecule has 0 unspecified atom stereocenters. The fraction of sp³-hybridized carbons (Fsp3) is 0.125. The van der Waals surface area contributed by atoms with Gasteiger partial charge in [-0.25, -0.2) is 5.09 Å². The van der Waals surface area contributed by atoms with E-state index in [1.54, 1.807) is 6.08 Å².